The summed E-state index contributed by atoms with van der Waals surface area (Å²) in [6.45, 7) is 1.34. The van der Waals surface area contributed by atoms with Crippen LogP contribution in [0.15, 0.2) is 0 Å². The average Bonchev–Trinajstić information content (AvgIpc) is 2.82. The summed E-state index contributed by atoms with van der Waals surface area (Å²) < 4.78 is 11.4. The molecular weight excluding hydrogens is 224 g/mol. The fourth-order valence-corrected chi connectivity index (χ4v) is 3.61. The molecule has 16 heavy (non-hydrogen) atoms. The molecule has 0 saturated carbocycles. The van der Waals surface area contributed by atoms with Crippen molar-refractivity contribution < 1.29 is 9.47 Å². The Labute approximate surface area is 97.6 Å². The molecular formula is C11H12N2O2S. The zero-order valence-corrected chi connectivity index (χ0v) is 9.60. The third kappa shape index (κ3) is 1.34. The van der Waals surface area contributed by atoms with Gasteiger partial charge < -0.3 is 15.2 Å². The maximum absolute atomic E-state index is 9.03. The molecule has 1 spiro atoms. The van der Waals surface area contributed by atoms with Crippen LogP contribution in [0.4, 0.5) is 5.00 Å². The van der Waals surface area contributed by atoms with Gasteiger partial charge in [0, 0.05) is 17.7 Å². The van der Waals surface area contributed by atoms with E-state index in [1.165, 1.54) is 11.3 Å². The minimum atomic E-state index is -0.434. The average molecular weight is 236 g/mol. The monoisotopic (exact) mass is 236 g/mol. The first-order valence-electron chi connectivity index (χ1n) is 5.32. The van der Waals surface area contributed by atoms with Crippen LogP contribution >= 0.6 is 11.3 Å². The molecule has 0 aromatic carbocycles. The van der Waals surface area contributed by atoms with E-state index in [0.717, 1.165) is 29.7 Å². The van der Waals surface area contributed by atoms with Crippen molar-refractivity contribution in [3.63, 3.8) is 0 Å². The molecule has 0 radical (unpaired) electrons. The molecule has 5 heteroatoms. The molecule has 1 aliphatic carbocycles. The number of nitriles is 1. The Morgan fingerprint density at radius 3 is 2.81 bits per heavy atom. The van der Waals surface area contributed by atoms with E-state index in [9.17, 15) is 0 Å². The number of nitrogen functional groups attached to an aromatic ring is 1. The third-order valence-electron chi connectivity index (χ3n) is 3.23. The Hall–Kier alpha value is -1.09. The number of rotatable bonds is 0. The summed E-state index contributed by atoms with van der Waals surface area (Å²) in [5.74, 6) is -0.434. The second-order valence-corrected chi connectivity index (χ2v) is 5.28. The molecule has 0 atom stereocenters. The van der Waals surface area contributed by atoms with E-state index in [1.807, 2.05) is 0 Å². The van der Waals surface area contributed by atoms with Gasteiger partial charge in [0.25, 0.3) is 0 Å². The summed E-state index contributed by atoms with van der Waals surface area (Å²) >= 11 is 1.50. The number of thiophene rings is 1. The van der Waals surface area contributed by atoms with Crippen molar-refractivity contribution in [1.82, 2.24) is 0 Å². The zero-order valence-electron chi connectivity index (χ0n) is 8.78. The van der Waals surface area contributed by atoms with Gasteiger partial charge in [0.2, 0.25) is 0 Å². The van der Waals surface area contributed by atoms with Crippen LogP contribution in [0.5, 0.6) is 0 Å². The van der Waals surface area contributed by atoms with Crippen LogP contribution in [-0.2, 0) is 22.3 Å². The fourth-order valence-electron chi connectivity index (χ4n) is 2.46. The van der Waals surface area contributed by atoms with Gasteiger partial charge in [0.1, 0.15) is 11.1 Å². The smallest absolute Gasteiger partial charge is 0.173 e. The van der Waals surface area contributed by atoms with Crippen molar-refractivity contribution in [2.24, 2.45) is 0 Å². The first kappa shape index (κ1) is 10.1. The molecule has 2 N–H and O–H groups in total. The summed E-state index contributed by atoms with van der Waals surface area (Å²) in [7, 11) is 0. The van der Waals surface area contributed by atoms with E-state index in [4.69, 9.17) is 20.5 Å². The number of nitrogens with two attached hydrogens (primary N) is 1. The van der Waals surface area contributed by atoms with Crippen LogP contribution < -0.4 is 5.73 Å². The minimum Gasteiger partial charge on any atom is -0.389 e. The summed E-state index contributed by atoms with van der Waals surface area (Å²) in [6.07, 6.45) is 2.38. The van der Waals surface area contributed by atoms with E-state index in [2.05, 4.69) is 6.07 Å². The van der Waals surface area contributed by atoms with Crippen LogP contribution in [0.25, 0.3) is 0 Å². The van der Waals surface area contributed by atoms with Gasteiger partial charge in [-0.15, -0.1) is 11.3 Å². The number of anilines is 1. The third-order valence-corrected chi connectivity index (χ3v) is 4.29. The first-order chi connectivity index (χ1) is 7.74. The Kier molecular flexibility index (Phi) is 2.18. The molecule has 4 nitrogen and oxygen atoms in total. The van der Waals surface area contributed by atoms with Gasteiger partial charge in [-0.2, -0.15) is 5.26 Å². The summed E-state index contributed by atoms with van der Waals surface area (Å²) in [6, 6.07) is 2.19. The number of nitrogens with zero attached hydrogens (tertiary/aromatic N) is 1. The highest BCUT2D eigenvalue weighted by Crippen LogP contribution is 2.42. The van der Waals surface area contributed by atoms with Gasteiger partial charge in [-0.3, -0.25) is 0 Å². The standard InChI is InChI=1S/C11H12N2O2S/c12-6-8-7-1-2-11(14-3-4-15-11)5-9(7)16-10(8)13/h1-5,13H2. The number of fused-ring (bicyclic) bond motifs is 1. The van der Waals surface area contributed by atoms with Gasteiger partial charge in [-0.25, -0.2) is 0 Å². The Morgan fingerprint density at radius 1 is 1.38 bits per heavy atom. The predicted octanol–water partition coefficient (Wildman–Crippen LogP) is 1.43. The van der Waals surface area contributed by atoms with E-state index < -0.39 is 5.79 Å². The van der Waals surface area contributed by atoms with Crippen LogP contribution in [-0.4, -0.2) is 19.0 Å². The summed E-state index contributed by atoms with van der Waals surface area (Å²) in [5.41, 5.74) is 7.60. The predicted molar refractivity (Wildman–Crippen MR) is 60.1 cm³/mol. The number of hydrogen-bond donors (Lipinski definition) is 1. The van der Waals surface area contributed by atoms with E-state index in [-0.39, 0.29) is 0 Å². The molecule has 3 rings (SSSR count). The normalized spacial score (nSPS) is 21.9. The number of ether oxygens (including phenoxy) is 2. The molecule has 1 fully saturated rings. The summed E-state index contributed by atoms with van der Waals surface area (Å²) in [5, 5.41) is 9.66. The highest BCUT2D eigenvalue weighted by atomic mass is 32.1. The van der Waals surface area contributed by atoms with Crippen LogP contribution in [0.2, 0.25) is 0 Å². The van der Waals surface area contributed by atoms with Crippen LogP contribution in [0.3, 0.4) is 0 Å². The molecule has 0 bridgehead atoms. The topological polar surface area (TPSA) is 68.3 Å². The molecule has 1 aliphatic heterocycles. The largest absolute Gasteiger partial charge is 0.389 e. The molecule has 2 heterocycles. The lowest BCUT2D eigenvalue weighted by molar-refractivity contribution is -0.163. The molecule has 1 aromatic rings. The number of hydrogen-bond acceptors (Lipinski definition) is 5. The van der Waals surface area contributed by atoms with E-state index >= 15 is 0 Å². The van der Waals surface area contributed by atoms with Crippen LogP contribution in [0, 0.1) is 11.3 Å². The zero-order chi connectivity index (χ0) is 11.2. The lowest BCUT2D eigenvalue weighted by atomic mass is 9.91. The Bertz CT molecular complexity index is 469. The molecule has 0 unspecified atom stereocenters. The van der Waals surface area contributed by atoms with Crippen molar-refractivity contribution >= 4 is 16.3 Å². The highest BCUT2D eigenvalue weighted by Gasteiger charge is 2.41. The van der Waals surface area contributed by atoms with Gasteiger partial charge in [0.05, 0.1) is 18.8 Å². The van der Waals surface area contributed by atoms with E-state index in [0.29, 0.717) is 23.8 Å². The molecule has 2 aliphatic rings. The van der Waals surface area contributed by atoms with Crippen molar-refractivity contribution in [3.05, 3.63) is 16.0 Å². The van der Waals surface area contributed by atoms with E-state index in [1.54, 1.807) is 0 Å². The van der Waals surface area contributed by atoms with Crippen molar-refractivity contribution in [2.75, 3.05) is 18.9 Å². The SMILES string of the molecule is N#Cc1c(N)sc2c1CCC1(C2)OCCO1. The molecule has 1 aromatic heterocycles. The second-order valence-electron chi connectivity index (χ2n) is 4.14. The lowest BCUT2D eigenvalue weighted by Gasteiger charge is -2.31. The van der Waals surface area contributed by atoms with Gasteiger partial charge in [-0.05, 0) is 12.0 Å². The van der Waals surface area contributed by atoms with Gasteiger partial charge in [-0.1, -0.05) is 0 Å². The second kappa shape index (κ2) is 3.45. The fraction of sp³-hybridized carbons (Fsp3) is 0.545. The summed E-state index contributed by atoms with van der Waals surface area (Å²) in [4.78, 5) is 1.15. The highest BCUT2D eigenvalue weighted by molar-refractivity contribution is 7.16. The Morgan fingerprint density at radius 2 is 2.12 bits per heavy atom. The van der Waals surface area contributed by atoms with Crippen molar-refractivity contribution in [3.8, 4) is 6.07 Å². The quantitative estimate of drug-likeness (QED) is 0.740. The maximum Gasteiger partial charge on any atom is 0.173 e. The molecule has 0 amide bonds. The van der Waals surface area contributed by atoms with Crippen molar-refractivity contribution in [2.45, 2.75) is 25.0 Å². The minimum absolute atomic E-state index is 0.434. The van der Waals surface area contributed by atoms with Crippen molar-refractivity contribution in [1.29, 1.82) is 5.26 Å². The Balaban J connectivity index is 1.99. The molecule has 84 valence electrons. The van der Waals surface area contributed by atoms with Crippen LogP contribution in [0.1, 0.15) is 22.4 Å². The maximum atomic E-state index is 9.03. The first-order valence-corrected chi connectivity index (χ1v) is 6.14. The van der Waals surface area contributed by atoms with Gasteiger partial charge in [0.15, 0.2) is 5.79 Å². The van der Waals surface area contributed by atoms with Gasteiger partial charge >= 0.3 is 0 Å². The lowest BCUT2D eigenvalue weighted by Crippen LogP contribution is -2.36. The molecule has 1 saturated heterocycles.